The normalized spacial score (nSPS) is 17.1. The molecule has 164 valence electrons. The van der Waals surface area contributed by atoms with E-state index < -0.39 is 20.0 Å². The molecule has 0 unspecified atom stereocenters. The fourth-order valence-electron chi connectivity index (χ4n) is 3.63. The van der Waals surface area contributed by atoms with Crippen LogP contribution in [-0.2, 0) is 27.1 Å². The number of aromatic nitrogens is 2. The Morgan fingerprint density at radius 2 is 1.57 bits per heavy atom. The van der Waals surface area contributed by atoms with Crippen molar-refractivity contribution in [1.29, 1.82) is 0 Å². The van der Waals surface area contributed by atoms with E-state index in [9.17, 15) is 21.6 Å². The Morgan fingerprint density at radius 3 is 2.10 bits per heavy atom. The lowest BCUT2D eigenvalue weighted by Gasteiger charge is -2.22. The van der Waals surface area contributed by atoms with Gasteiger partial charge in [0.25, 0.3) is 0 Å². The van der Waals surface area contributed by atoms with Crippen LogP contribution >= 0.6 is 0 Å². The summed E-state index contributed by atoms with van der Waals surface area (Å²) in [6.07, 6.45) is 0.364. The Labute approximate surface area is 177 Å². The van der Waals surface area contributed by atoms with Gasteiger partial charge < -0.3 is 0 Å². The van der Waals surface area contributed by atoms with Crippen molar-refractivity contribution in [2.45, 2.75) is 37.0 Å². The largest absolute Gasteiger partial charge is 0.295 e. The van der Waals surface area contributed by atoms with Crippen molar-refractivity contribution in [2.75, 3.05) is 26.2 Å². The molecule has 0 spiro atoms. The van der Waals surface area contributed by atoms with Crippen molar-refractivity contribution >= 4 is 25.8 Å². The van der Waals surface area contributed by atoms with Crippen molar-refractivity contribution in [3.05, 3.63) is 41.2 Å². The average molecular weight is 455 g/mol. The number of rotatable bonds is 5. The van der Waals surface area contributed by atoms with Gasteiger partial charge in [-0.2, -0.15) is 13.7 Å². The second-order valence-corrected chi connectivity index (χ2v) is 11.2. The van der Waals surface area contributed by atoms with Gasteiger partial charge in [-0.25, -0.2) is 16.8 Å². The van der Waals surface area contributed by atoms with E-state index in [4.69, 9.17) is 0 Å². The number of ketones is 1. The molecule has 0 saturated carbocycles. The maximum atomic E-state index is 13.2. The fraction of sp³-hybridized carbons (Fsp3) is 0.474. The highest BCUT2D eigenvalue weighted by atomic mass is 32.2. The summed E-state index contributed by atoms with van der Waals surface area (Å²) in [4.78, 5) is 11.8. The summed E-state index contributed by atoms with van der Waals surface area (Å²) in [5, 5.41) is 4.19. The Hall–Kier alpha value is -2.08. The van der Waals surface area contributed by atoms with E-state index in [1.165, 1.54) is 38.4 Å². The van der Waals surface area contributed by atoms with E-state index in [1.54, 1.807) is 27.0 Å². The minimum Gasteiger partial charge on any atom is -0.295 e. The second-order valence-electron chi connectivity index (χ2n) is 7.37. The smallest absolute Gasteiger partial charge is 0.246 e. The third-order valence-corrected chi connectivity index (χ3v) is 9.38. The first-order valence-corrected chi connectivity index (χ1v) is 12.5. The molecule has 11 heteroatoms. The Morgan fingerprint density at radius 1 is 0.967 bits per heavy atom. The van der Waals surface area contributed by atoms with Gasteiger partial charge in [-0.15, -0.1) is 0 Å². The molecule has 0 aliphatic carbocycles. The number of carbonyl (C=O) groups excluding carboxylic acids is 1. The van der Waals surface area contributed by atoms with Crippen molar-refractivity contribution in [1.82, 2.24) is 18.4 Å². The molecule has 2 aromatic rings. The summed E-state index contributed by atoms with van der Waals surface area (Å²) in [6.45, 7) is 5.22. The molecule has 9 nitrogen and oxygen atoms in total. The Balaban J connectivity index is 1.86. The first-order valence-electron chi connectivity index (χ1n) is 9.57. The van der Waals surface area contributed by atoms with E-state index in [1.807, 2.05) is 0 Å². The van der Waals surface area contributed by atoms with Crippen LogP contribution in [0.15, 0.2) is 34.1 Å². The van der Waals surface area contributed by atoms with Crippen LogP contribution in [0.5, 0.6) is 0 Å². The quantitative estimate of drug-likeness (QED) is 0.631. The van der Waals surface area contributed by atoms with E-state index in [2.05, 4.69) is 5.10 Å². The highest BCUT2D eigenvalue weighted by Crippen LogP contribution is 2.25. The predicted octanol–water partition coefficient (Wildman–Crippen LogP) is 1.32. The molecule has 1 fully saturated rings. The van der Waals surface area contributed by atoms with Gasteiger partial charge in [-0.3, -0.25) is 9.48 Å². The van der Waals surface area contributed by atoms with Gasteiger partial charge in [0.15, 0.2) is 5.78 Å². The van der Waals surface area contributed by atoms with Crippen LogP contribution in [0.3, 0.4) is 0 Å². The molecule has 1 saturated heterocycles. The zero-order chi connectivity index (χ0) is 22.3. The highest BCUT2D eigenvalue weighted by molar-refractivity contribution is 7.89. The standard InChI is InChI=1S/C19H26N4O5S2/c1-14-19(15(2)21(4)20-14)30(27,28)23-10-6-9-22(11-12-23)29(25,26)18-8-5-7-17(13-18)16(3)24/h5,7-8,13H,6,9-12H2,1-4H3. The van der Waals surface area contributed by atoms with Gasteiger partial charge in [0, 0.05) is 38.8 Å². The summed E-state index contributed by atoms with van der Waals surface area (Å²) < 4.78 is 56.7. The Bertz CT molecular complexity index is 1190. The molecular formula is C19H26N4O5S2. The molecule has 30 heavy (non-hydrogen) atoms. The second kappa shape index (κ2) is 8.22. The topological polar surface area (TPSA) is 110 Å². The molecule has 0 N–H and O–H groups in total. The summed E-state index contributed by atoms with van der Waals surface area (Å²) in [6, 6.07) is 5.91. The van der Waals surface area contributed by atoms with Gasteiger partial charge in [0.2, 0.25) is 20.0 Å². The van der Waals surface area contributed by atoms with Gasteiger partial charge in [-0.05, 0) is 39.3 Å². The third kappa shape index (κ3) is 4.07. The van der Waals surface area contributed by atoms with Crippen LogP contribution in [0.4, 0.5) is 0 Å². The number of benzene rings is 1. The number of hydrogen-bond acceptors (Lipinski definition) is 6. The number of aryl methyl sites for hydroxylation is 2. The maximum absolute atomic E-state index is 13.2. The minimum atomic E-state index is -3.84. The van der Waals surface area contributed by atoms with E-state index >= 15 is 0 Å². The third-order valence-electron chi connectivity index (χ3n) is 5.33. The van der Waals surface area contributed by atoms with Gasteiger partial charge in [0.1, 0.15) is 4.90 Å². The van der Waals surface area contributed by atoms with Crippen LogP contribution in [0.25, 0.3) is 0 Å². The molecule has 1 aliphatic rings. The lowest BCUT2D eigenvalue weighted by molar-refractivity contribution is 0.101. The zero-order valence-electron chi connectivity index (χ0n) is 17.5. The monoisotopic (exact) mass is 454 g/mol. The van der Waals surface area contributed by atoms with Gasteiger partial charge in [0.05, 0.1) is 16.3 Å². The average Bonchev–Trinajstić information content (AvgIpc) is 2.86. The SMILES string of the molecule is CC(=O)c1cccc(S(=O)(=O)N2CCCN(S(=O)(=O)c3c(C)nn(C)c3C)CC2)c1. The molecule has 1 aliphatic heterocycles. The molecule has 1 aromatic carbocycles. The fourth-order valence-corrected chi connectivity index (χ4v) is 7.02. The van der Waals surface area contributed by atoms with E-state index in [0.717, 1.165) is 0 Å². The van der Waals surface area contributed by atoms with Crippen molar-refractivity contribution in [3.8, 4) is 0 Å². The first kappa shape index (κ1) is 22.6. The van der Waals surface area contributed by atoms with Crippen LogP contribution < -0.4 is 0 Å². The van der Waals surface area contributed by atoms with Crippen LogP contribution in [-0.4, -0.2) is 67.2 Å². The molecule has 1 aromatic heterocycles. The van der Waals surface area contributed by atoms with Gasteiger partial charge in [-0.1, -0.05) is 12.1 Å². The van der Waals surface area contributed by atoms with Crippen molar-refractivity contribution in [3.63, 3.8) is 0 Å². The van der Waals surface area contributed by atoms with Crippen molar-refractivity contribution < 1.29 is 21.6 Å². The van der Waals surface area contributed by atoms with Gasteiger partial charge >= 0.3 is 0 Å². The van der Waals surface area contributed by atoms with Crippen LogP contribution in [0, 0.1) is 13.8 Å². The summed E-state index contributed by atoms with van der Waals surface area (Å²) >= 11 is 0. The summed E-state index contributed by atoms with van der Waals surface area (Å²) in [7, 11) is -5.95. The molecule has 0 bridgehead atoms. The molecule has 0 radical (unpaired) electrons. The minimum absolute atomic E-state index is 0.0320. The highest BCUT2D eigenvalue weighted by Gasteiger charge is 2.34. The molecule has 0 atom stereocenters. The number of Topliss-reactive ketones (excluding diaryl/α,β-unsaturated/α-hetero) is 1. The van der Waals surface area contributed by atoms with Crippen LogP contribution in [0.2, 0.25) is 0 Å². The number of carbonyl (C=O) groups is 1. The molecule has 0 amide bonds. The van der Waals surface area contributed by atoms with E-state index in [-0.39, 0.29) is 41.8 Å². The summed E-state index contributed by atoms with van der Waals surface area (Å²) in [5.41, 5.74) is 1.28. The maximum Gasteiger partial charge on any atom is 0.246 e. The first-order chi connectivity index (χ1) is 14.0. The molecule has 3 rings (SSSR count). The summed E-state index contributed by atoms with van der Waals surface area (Å²) in [5.74, 6) is -0.220. The van der Waals surface area contributed by atoms with E-state index in [0.29, 0.717) is 23.4 Å². The number of nitrogens with zero attached hydrogens (tertiary/aromatic N) is 4. The van der Waals surface area contributed by atoms with Crippen LogP contribution in [0.1, 0.15) is 35.1 Å². The van der Waals surface area contributed by atoms with Crippen molar-refractivity contribution in [2.24, 2.45) is 7.05 Å². The molecule has 2 heterocycles. The predicted molar refractivity (Wildman–Crippen MR) is 111 cm³/mol. The zero-order valence-corrected chi connectivity index (χ0v) is 19.1. The molecular weight excluding hydrogens is 428 g/mol. The Kier molecular flexibility index (Phi) is 6.19. The number of hydrogen-bond donors (Lipinski definition) is 0. The lowest BCUT2D eigenvalue weighted by atomic mass is 10.2. The number of sulfonamides is 2. The lowest BCUT2D eigenvalue weighted by Crippen LogP contribution is -2.37.